The Bertz CT molecular complexity index is 838. The van der Waals surface area contributed by atoms with Crippen molar-refractivity contribution in [3.63, 3.8) is 0 Å². The van der Waals surface area contributed by atoms with E-state index < -0.39 is 0 Å². The largest absolute Gasteiger partial charge is 0.497 e. The van der Waals surface area contributed by atoms with Gasteiger partial charge >= 0.3 is 0 Å². The molecular weight excluding hydrogens is 318 g/mol. The average molecular weight is 335 g/mol. The minimum atomic E-state index is -0.280. The number of amides is 1. The van der Waals surface area contributed by atoms with Gasteiger partial charge in [0.2, 0.25) is 0 Å². The summed E-state index contributed by atoms with van der Waals surface area (Å²) in [6, 6.07) is 14.5. The Morgan fingerprint density at radius 1 is 1.08 bits per heavy atom. The van der Waals surface area contributed by atoms with Gasteiger partial charge < -0.3 is 15.4 Å². The van der Waals surface area contributed by atoms with Gasteiger partial charge in [-0.2, -0.15) is 0 Å². The fraction of sp³-hybridized carbons (Fsp3) is 0.111. The quantitative estimate of drug-likeness (QED) is 0.720. The predicted octanol–water partition coefficient (Wildman–Crippen LogP) is 2.55. The number of benzene rings is 1. The lowest BCUT2D eigenvalue weighted by Gasteiger charge is -2.08. The zero-order chi connectivity index (χ0) is 17.5. The number of hydrogen-bond donors (Lipinski definition) is 2. The van der Waals surface area contributed by atoms with Crippen LogP contribution in [0.5, 0.6) is 5.75 Å². The highest BCUT2D eigenvalue weighted by Crippen LogP contribution is 2.19. The molecule has 0 aliphatic heterocycles. The first-order valence-electron chi connectivity index (χ1n) is 7.66. The van der Waals surface area contributed by atoms with Crippen LogP contribution in [-0.2, 0) is 6.54 Å². The van der Waals surface area contributed by atoms with E-state index in [0.29, 0.717) is 12.4 Å². The number of ether oxygens (including phenoxy) is 1. The van der Waals surface area contributed by atoms with E-state index in [4.69, 9.17) is 4.74 Å². The van der Waals surface area contributed by atoms with E-state index in [1.54, 1.807) is 31.6 Å². The number of carbonyl (C=O) groups excluding carboxylic acids is 1. The van der Waals surface area contributed by atoms with Gasteiger partial charge in [0.1, 0.15) is 5.75 Å². The van der Waals surface area contributed by atoms with Gasteiger partial charge in [-0.1, -0.05) is 6.07 Å². The number of nitrogens with zero attached hydrogens (tertiary/aromatic N) is 3. The van der Waals surface area contributed by atoms with Crippen LogP contribution in [0.2, 0.25) is 0 Å². The standard InChI is InChI=1S/C18H17N5O2/c1-25-15-4-2-3-14(11-15)21-17-6-5-16(22-23-17)18(24)20-12-13-7-9-19-10-8-13/h2-11H,12H2,1H3,(H,20,24)(H,21,23). The molecule has 25 heavy (non-hydrogen) atoms. The number of methoxy groups -OCH3 is 1. The summed E-state index contributed by atoms with van der Waals surface area (Å²) >= 11 is 0. The molecular formula is C18H17N5O2. The maximum atomic E-state index is 12.1. The van der Waals surface area contributed by atoms with Crippen LogP contribution >= 0.6 is 0 Å². The third-order valence-corrected chi connectivity index (χ3v) is 3.44. The lowest BCUT2D eigenvalue weighted by atomic mass is 10.2. The third kappa shape index (κ3) is 4.51. The molecule has 0 saturated heterocycles. The summed E-state index contributed by atoms with van der Waals surface area (Å²) in [5.74, 6) is 1.00. The van der Waals surface area contributed by atoms with E-state index in [-0.39, 0.29) is 11.6 Å². The van der Waals surface area contributed by atoms with E-state index in [9.17, 15) is 4.79 Å². The summed E-state index contributed by atoms with van der Waals surface area (Å²) in [4.78, 5) is 16.0. The molecule has 3 aromatic rings. The molecule has 2 aromatic heterocycles. The Labute approximate surface area is 145 Å². The van der Waals surface area contributed by atoms with Gasteiger partial charge in [0.05, 0.1) is 7.11 Å². The fourth-order valence-corrected chi connectivity index (χ4v) is 2.14. The minimum absolute atomic E-state index is 0.255. The lowest BCUT2D eigenvalue weighted by molar-refractivity contribution is 0.0945. The number of rotatable bonds is 6. The number of pyridine rings is 1. The van der Waals surface area contributed by atoms with E-state index in [0.717, 1.165) is 17.0 Å². The molecule has 2 N–H and O–H groups in total. The Hall–Kier alpha value is -3.48. The highest BCUT2D eigenvalue weighted by atomic mass is 16.5. The first-order chi connectivity index (χ1) is 12.2. The summed E-state index contributed by atoms with van der Waals surface area (Å²) in [7, 11) is 1.61. The minimum Gasteiger partial charge on any atom is -0.497 e. The van der Waals surface area contributed by atoms with E-state index >= 15 is 0 Å². The molecule has 0 aliphatic rings. The van der Waals surface area contributed by atoms with Crippen molar-refractivity contribution in [2.75, 3.05) is 12.4 Å². The molecule has 126 valence electrons. The van der Waals surface area contributed by atoms with Crippen LogP contribution in [0.25, 0.3) is 0 Å². The molecule has 1 amide bonds. The molecule has 7 nitrogen and oxygen atoms in total. The second kappa shape index (κ2) is 7.87. The molecule has 1 aromatic carbocycles. The summed E-state index contributed by atoms with van der Waals surface area (Å²) in [6.07, 6.45) is 3.36. The second-order valence-electron chi connectivity index (χ2n) is 5.20. The highest BCUT2D eigenvalue weighted by molar-refractivity contribution is 5.92. The van der Waals surface area contributed by atoms with Crippen molar-refractivity contribution in [2.45, 2.75) is 6.54 Å². The number of hydrogen-bond acceptors (Lipinski definition) is 6. The van der Waals surface area contributed by atoms with Gasteiger partial charge in [-0.25, -0.2) is 0 Å². The molecule has 7 heteroatoms. The maximum absolute atomic E-state index is 12.1. The Morgan fingerprint density at radius 3 is 2.64 bits per heavy atom. The smallest absolute Gasteiger partial charge is 0.272 e. The van der Waals surface area contributed by atoms with Crippen LogP contribution in [0.4, 0.5) is 11.5 Å². The fourth-order valence-electron chi connectivity index (χ4n) is 2.14. The normalized spacial score (nSPS) is 10.1. The van der Waals surface area contributed by atoms with Crippen molar-refractivity contribution in [1.29, 1.82) is 0 Å². The maximum Gasteiger partial charge on any atom is 0.272 e. The van der Waals surface area contributed by atoms with Crippen molar-refractivity contribution in [3.05, 3.63) is 72.2 Å². The van der Waals surface area contributed by atoms with Crippen LogP contribution in [0.3, 0.4) is 0 Å². The van der Waals surface area contributed by atoms with Crippen LogP contribution in [-0.4, -0.2) is 28.2 Å². The molecule has 0 fully saturated rings. The van der Waals surface area contributed by atoms with Crippen molar-refractivity contribution in [3.8, 4) is 5.75 Å². The zero-order valence-corrected chi connectivity index (χ0v) is 13.6. The van der Waals surface area contributed by atoms with Crippen molar-refractivity contribution in [1.82, 2.24) is 20.5 Å². The van der Waals surface area contributed by atoms with Crippen LogP contribution in [0.15, 0.2) is 60.9 Å². The van der Waals surface area contributed by atoms with Crippen molar-refractivity contribution >= 4 is 17.4 Å². The SMILES string of the molecule is COc1cccc(Nc2ccc(C(=O)NCc3ccncc3)nn2)c1. The molecule has 0 atom stereocenters. The van der Waals surface area contributed by atoms with Crippen LogP contribution in [0, 0.1) is 0 Å². The molecule has 2 heterocycles. The summed E-state index contributed by atoms with van der Waals surface area (Å²) in [5.41, 5.74) is 2.04. The topological polar surface area (TPSA) is 89.0 Å². The number of nitrogens with one attached hydrogen (secondary N) is 2. The van der Waals surface area contributed by atoms with Gasteiger partial charge in [-0.05, 0) is 42.0 Å². The molecule has 0 bridgehead atoms. The lowest BCUT2D eigenvalue weighted by Crippen LogP contribution is -2.24. The number of carbonyl (C=O) groups is 1. The van der Waals surface area contributed by atoms with E-state index in [2.05, 4.69) is 25.8 Å². The van der Waals surface area contributed by atoms with Gasteiger partial charge in [0.15, 0.2) is 11.5 Å². The van der Waals surface area contributed by atoms with Crippen LogP contribution < -0.4 is 15.4 Å². The Kier molecular flexibility index (Phi) is 5.16. The van der Waals surface area contributed by atoms with E-state index in [1.807, 2.05) is 36.4 Å². The first-order valence-corrected chi connectivity index (χ1v) is 7.66. The summed E-state index contributed by atoms with van der Waals surface area (Å²) in [6.45, 7) is 0.410. The average Bonchev–Trinajstić information content (AvgIpc) is 2.67. The van der Waals surface area contributed by atoms with Gasteiger partial charge in [0.25, 0.3) is 5.91 Å². The zero-order valence-electron chi connectivity index (χ0n) is 13.6. The van der Waals surface area contributed by atoms with Crippen molar-refractivity contribution in [2.24, 2.45) is 0 Å². The molecule has 0 radical (unpaired) electrons. The molecule has 0 spiro atoms. The summed E-state index contributed by atoms with van der Waals surface area (Å²) < 4.78 is 5.17. The summed E-state index contributed by atoms with van der Waals surface area (Å²) in [5, 5.41) is 13.9. The van der Waals surface area contributed by atoms with Gasteiger partial charge in [0, 0.05) is 30.7 Å². The van der Waals surface area contributed by atoms with Crippen molar-refractivity contribution < 1.29 is 9.53 Å². The number of aromatic nitrogens is 3. The van der Waals surface area contributed by atoms with Gasteiger partial charge in [-0.3, -0.25) is 9.78 Å². The highest BCUT2D eigenvalue weighted by Gasteiger charge is 2.08. The number of anilines is 2. The Morgan fingerprint density at radius 2 is 1.92 bits per heavy atom. The monoisotopic (exact) mass is 335 g/mol. The second-order valence-corrected chi connectivity index (χ2v) is 5.20. The third-order valence-electron chi connectivity index (χ3n) is 3.44. The predicted molar refractivity (Wildman–Crippen MR) is 93.7 cm³/mol. The molecule has 0 aliphatic carbocycles. The molecule has 3 rings (SSSR count). The molecule has 0 unspecified atom stereocenters. The Balaban J connectivity index is 1.60. The van der Waals surface area contributed by atoms with Gasteiger partial charge in [-0.15, -0.1) is 10.2 Å². The molecule has 0 saturated carbocycles. The first kappa shape index (κ1) is 16.4. The van der Waals surface area contributed by atoms with Crippen LogP contribution in [0.1, 0.15) is 16.1 Å². The van der Waals surface area contributed by atoms with E-state index in [1.165, 1.54) is 0 Å².